The number of nitrogens with one attached hydrogen (secondary N) is 1. The number of benzene rings is 1. The van der Waals surface area contributed by atoms with E-state index in [0.29, 0.717) is 17.3 Å². The van der Waals surface area contributed by atoms with Crippen LogP contribution in [0.25, 0.3) is 0 Å². The van der Waals surface area contributed by atoms with Crippen molar-refractivity contribution in [2.24, 2.45) is 0 Å². The third-order valence-corrected chi connectivity index (χ3v) is 1.99. The van der Waals surface area contributed by atoms with Gasteiger partial charge in [-0.15, -0.1) is 0 Å². The van der Waals surface area contributed by atoms with E-state index in [1.165, 1.54) is 12.1 Å². The molecule has 0 fully saturated rings. The summed E-state index contributed by atoms with van der Waals surface area (Å²) in [7, 11) is 0. The standard InChI is InChI=1S/C9H8BrClFN/c1-6(10)5-13-9-3-2-7(12)4-8(9)11/h2-4,13H,1,5H2. The molecule has 0 aliphatic heterocycles. The first kappa shape index (κ1) is 10.5. The lowest BCUT2D eigenvalue weighted by Crippen LogP contribution is -2.00. The maximum absolute atomic E-state index is 12.6. The Morgan fingerprint density at radius 3 is 2.85 bits per heavy atom. The Bertz CT molecular complexity index is 327. The van der Waals surface area contributed by atoms with Crippen molar-refractivity contribution in [2.75, 3.05) is 11.9 Å². The molecule has 0 saturated heterocycles. The monoisotopic (exact) mass is 263 g/mol. The van der Waals surface area contributed by atoms with Gasteiger partial charge in [0.2, 0.25) is 0 Å². The van der Waals surface area contributed by atoms with E-state index in [2.05, 4.69) is 27.8 Å². The quantitative estimate of drug-likeness (QED) is 0.875. The zero-order valence-electron chi connectivity index (χ0n) is 6.78. The normalized spacial score (nSPS) is 9.77. The zero-order valence-corrected chi connectivity index (χ0v) is 9.12. The van der Waals surface area contributed by atoms with Crippen LogP contribution in [0.3, 0.4) is 0 Å². The average molecular weight is 265 g/mol. The van der Waals surface area contributed by atoms with Crippen LogP contribution in [0.5, 0.6) is 0 Å². The van der Waals surface area contributed by atoms with Gasteiger partial charge >= 0.3 is 0 Å². The van der Waals surface area contributed by atoms with Gasteiger partial charge in [0.25, 0.3) is 0 Å². The highest BCUT2D eigenvalue weighted by Crippen LogP contribution is 2.22. The maximum atomic E-state index is 12.6. The molecule has 0 heterocycles. The van der Waals surface area contributed by atoms with Crippen molar-refractivity contribution in [1.29, 1.82) is 0 Å². The van der Waals surface area contributed by atoms with Gasteiger partial charge in [0.15, 0.2) is 0 Å². The van der Waals surface area contributed by atoms with E-state index in [1.54, 1.807) is 6.07 Å². The molecular weight excluding hydrogens is 256 g/mol. The molecular formula is C9H8BrClFN. The van der Waals surface area contributed by atoms with Crippen molar-refractivity contribution in [3.63, 3.8) is 0 Å². The molecule has 0 amide bonds. The third-order valence-electron chi connectivity index (χ3n) is 1.40. The Morgan fingerprint density at radius 2 is 2.31 bits per heavy atom. The second kappa shape index (κ2) is 4.63. The first-order valence-corrected chi connectivity index (χ1v) is 4.79. The predicted molar refractivity (Wildman–Crippen MR) is 58.0 cm³/mol. The molecule has 0 aromatic heterocycles. The van der Waals surface area contributed by atoms with Gasteiger partial charge in [0.1, 0.15) is 5.82 Å². The number of rotatable bonds is 3. The van der Waals surface area contributed by atoms with Crippen LogP contribution in [0, 0.1) is 5.82 Å². The summed E-state index contributed by atoms with van der Waals surface area (Å²) in [6.07, 6.45) is 0. The van der Waals surface area contributed by atoms with Crippen LogP contribution in [-0.2, 0) is 0 Å². The second-order valence-corrected chi connectivity index (χ2v) is 4.02. The van der Waals surface area contributed by atoms with E-state index in [-0.39, 0.29) is 5.82 Å². The van der Waals surface area contributed by atoms with Gasteiger partial charge in [-0.2, -0.15) is 0 Å². The summed E-state index contributed by atoms with van der Waals surface area (Å²) >= 11 is 8.96. The van der Waals surface area contributed by atoms with E-state index in [4.69, 9.17) is 11.6 Å². The summed E-state index contributed by atoms with van der Waals surface area (Å²) in [5.74, 6) is -0.340. The molecule has 4 heteroatoms. The van der Waals surface area contributed by atoms with Crippen LogP contribution in [-0.4, -0.2) is 6.54 Å². The van der Waals surface area contributed by atoms with Gasteiger partial charge < -0.3 is 5.32 Å². The van der Waals surface area contributed by atoms with Crippen molar-refractivity contribution in [3.8, 4) is 0 Å². The molecule has 1 nitrogen and oxygen atoms in total. The minimum atomic E-state index is -0.340. The Balaban J connectivity index is 2.72. The Hall–Kier alpha value is -0.540. The van der Waals surface area contributed by atoms with Crippen LogP contribution in [0.2, 0.25) is 5.02 Å². The first-order chi connectivity index (χ1) is 6.09. The summed E-state index contributed by atoms with van der Waals surface area (Å²) in [6.45, 7) is 4.22. The second-order valence-electron chi connectivity index (χ2n) is 2.49. The van der Waals surface area contributed by atoms with E-state index in [0.717, 1.165) is 4.48 Å². The largest absolute Gasteiger partial charge is 0.379 e. The average Bonchev–Trinajstić information content (AvgIpc) is 2.02. The van der Waals surface area contributed by atoms with Crippen LogP contribution in [0.15, 0.2) is 29.3 Å². The summed E-state index contributed by atoms with van der Waals surface area (Å²) in [5, 5.41) is 3.36. The lowest BCUT2D eigenvalue weighted by molar-refractivity contribution is 0.628. The number of halogens is 3. The third kappa shape index (κ3) is 3.36. The molecule has 0 unspecified atom stereocenters. The first-order valence-electron chi connectivity index (χ1n) is 3.62. The minimum Gasteiger partial charge on any atom is -0.379 e. The van der Waals surface area contributed by atoms with Crippen molar-refractivity contribution < 1.29 is 4.39 Å². The Kier molecular flexibility index (Phi) is 3.75. The van der Waals surface area contributed by atoms with Gasteiger partial charge in [-0.25, -0.2) is 4.39 Å². The predicted octanol–water partition coefficient (Wildman–Crippen LogP) is 3.80. The lowest BCUT2D eigenvalue weighted by Gasteiger charge is -2.06. The SMILES string of the molecule is C=C(Br)CNc1ccc(F)cc1Cl. The highest BCUT2D eigenvalue weighted by atomic mass is 79.9. The molecule has 0 aliphatic carbocycles. The van der Waals surface area contributed by atoms with E-state index < -0.39 is 0 Å². The Labute approximate surface area is 89.7 Å². The summed E-state index contributed by atoms with van der Waals surface area (Å²) < 4.78 is 13.4. The molecule has 1 rings (SSSR count). The maximum Gasteiger partial charge on any atom is 0.124 e. The molecule has 70 valence electrons. The van der Waals surface area contributed by atoms with Crippen LogP contribution in [0.1, 0.15) is 0 Å². The van der Waals surface area contributed by atoms with Crippen molar-refractivity contribution in [1.82, 2.24) is 0 Å². The molecule has 1 N–H and O–H groups in total. The summed E-state index contributed by atoms with van der Waals surface area (Å²) in [6, 6.07) is 4.21. The topological polar surface area (TPSA) is 12.0 Å². The van der Waals surface area contributed by atoms with Gasteiger partial charge in [-0.1, -0.05) is 34.1 Å². The molecule has 1 aromatic carbocycles. The molecule has 0 atom stereocenters. The van der Waals surface area contributed by atoms with E-state index in [9.17, 15) is 4.39 Å². The molecule has 0 aliphatic rings. The van der Waals surface area contributed by atoms with Crippen molar-refractivity contribution >= 4 is 33.2 Å². The van der Waals surface area contributed by atoms with E-state index >= 15 is 0 Å². The smallest absolute Gasteiger partial charge is 0.124 e. The number of hydrogen-bond acceptors (Lipinski definition) is 1. The molecule has 13 heavy (non-hydrogen) atoms. The van der Waals surface area contributed by atoms with Crippen molar-refractivity contribution in [2.45, 2.75) is 0 Å². The fourth-order valence-electron chi connectivity index (χ4n) is 0.824. The highest BCUT2D eigenvalue weighted by Gasteiger charge is 2.00. The molecule has 1 aromatic rings. The molecule has 0 bridgehead atoms. The lowest BCUT2D eigenvalue weighted by atomic mass is 10.3. The molecule has 0 spiro atoms. The van der Waals surface area contributed by atoms with Gasteiger partial charge in [-0.3, -0.25) is 0 Å². The van der Waals surface area contributed by atoms with Crippen LogP contribution in [0.4, 0.5) is 10.1 Å². The number of hydrogen-bond donors (Lipinski definition) is 1. The fourth-order valence-corrected chi connectivity index (χ4v) is 1.20. The summed E-state index contributed by atoms with van der Waals surface area (Å²) in [4.78, 5) is 0. The highest BCUT2D eigenvalue weighted by molar-refractivity contribution is 9.11. The van der Waals surface area contributed by atoms with Gasteiger partial charge in [-0.05, 0) is 18.2 Å². The summed E-state index contributed by atoms with van der Waals surface area (Å²) in [5.41, 5.74) is 0.698. The van der Waals surface area contributed by atoms with Gasteiger partial charge in [0.05, 0.1) is 10.7 Å². The van der Waals surface area contributed by atoms with Crippen molar-refractivity contribution in [3.05, 3.63) is 40.1 Å². The van der Waals surface area contributed by atoms with E-state index in [1.807, 2.05) is 0 Å². The number of anilines is 1. The van der Waals surface area contributed by atoms with Crippen LogP contribution < -0.4 is 5.32 Å². The molecule has 0 saturated carbocycles. The Morgan fingerprint density at radius 1 is 1.62 bits per heavy atom. The molecule has 0 radical (unpaired) electrons. The zero-order chi connectivity index (χ0) is 9.84. The minimum absolute atomic E-state index is 0.340. The van der Waals surface area contributed by atoms with Gasteiger partial charge in [0, 0.05) is 11.0 Å². The fraction of sp³-hybridized carbons (Fsp3) is 0.111. The van der Waals surface area contributed by atoms with Crippen LogP contribution >= 0.6 is 27.5 Å².